The molecule has 0 spiro atoms. The number of ketones is 1. The van der Waals surface area contributed by atoms with E-state index in [0.717, 1.165) is 26.1 Å². The number of ether oxygens (including phenoxy) is 1. The summed E-state index contributed by atoms with van der Waals surface area (Å²) in [5.74, 6) is 0.915. The highest BCUT2D eigenvalue weighted by Crippen LogP contribution is 2.23. The van der Waals surface area contributed by atoms with Crippen LogP contribution >= 0.6 is 0 Å². The standard InChI is InChI=1S/C11H21NO2/c1-9(13)8-11(12(2)3)10-4-6-14-7-5-10/h10-11H,4-8H2,1-3H3. The van der Waals surface area contributed by atoms with Gasteiger partial charge in [-0.3, -0.25) is 4.79 Å². The molecule has 0 N–H and O–H groups in total. The SMILES string of the molecule is CC(=O)CC(C1CCOCC1)N(C)C. The number of hydrogen-bond donors (Lipinski definition) is 0. The van der Waals surface area contributed by atoms with E-state index in [0.29, 0.717) is 18.4 Å². The Kier molecular flexibility index (Phi) is 4.55. The molecular weight excluding hydrogens is 178 g/mol. The maximum atomic E-state index is 11.1. The fraction of sp³-hybridized carbons (Fsp3) is 0.909. The summed E-state index contributed by atoms with van der Waals surface area (Å²) in [6, 6.07) is 0.399. The molecule has 82 valence electrons. The van der Waals surface area contributed by atoms with E-state index >= 15 is 0 Å². The predicted molar refractivity (Wildman–Crippen MR) is 56.3 cm³/mol. The maximum absolute atomic E-state index is 11.1. The van der Waals surface area contributed by atoms with Crippen molar-refractivity contribution in [2.75, 3.05) is 27.3 Å². The van der Waals surface area contributed by atoms with Gasteiger partial charge in [0.25, 0.3) is 0 Å². The molecule has 0 saturated carbocycles. The first-order valence-corrected chi connectivity index (χ1v) is 5.35. The Hall–Kier alpha value is -0.410. The van der Waals surface area contributed by atoms with Crippen molar-refractivity contribution in [3.05, 3.63) is 0 Å². The first-order chi connectivity index (χ1) is 6.61. The average molecular weight is 199 g/mol. The molecule has 1 heterocycles. The van der Waals surface area contributed by atoms with Crippen molar-refractivity contribution >= 4 is 5.78 Å². The van der Waals surface area contributed by atoms with Crippen molar-refractivity contribution in [2.24, 2.45) is 5.92 Å². The molecular formula is C11H21NO2. The summed E-state index contributed by atoms with van der Waals surface area (Å²) in [5.41, 5.74) is 0. The van der Waals surface area contributed by atoms with Crippen molar-refractivity contribution in [1.82, 2.24) is 4.90 Å². The Labute approximate surface area is 86.4 Å². The van der Waals surface area contributed by atoms with E-state index in [9.17, 15) is 4.79 Å². The van der Waals surface area contributed by atoms with Crippen LogP contribution in [-0.4, -0.2) is 44.0 Å². The fourth-order valence-corrected chi connectivity index (χ4v) is 2.17. The molecule has 14 heavy (non-hydrogen) atoms. The summed E-state index contributed by atoms with van der Waals surface area (Å²) in [6.45, 7) is 3.38. The van der Waals surface area contributed by atoms with Gasteiger partial charge in [-0.25, -0.2) is 0 Å². The zero-order chi connectivity index (χ0) is 10.6. The van der Waals surface area contributed by atoms with Crippen LogP contribution in [0.4, 0.5) is 0 Å². The van der Waals surface area contributed by atoms with Crippen LogP contribution in [0.1, 0.15) is 26.2 Å². The number of Topliss-reactive ketones (excluding diaryl/α,β-unsaturated/α-hetero) is 1. The van der Waals surface area contributed by atoms with Crippen LogP contribution in [-0.2, 0) is 9.53 Å². The molecule has 1 unspecified atom stereocenters. The van der Waals surface area contributed by atoms with Gasteiger partial charge in [-0.05, 0) is 39.8 Å². The highest BCUT2D eigenvalue weighted by atomic mass is 16.5. The molecule has 0 aromatic rings. The van der Waals surface area contributed by atoms with Crippen LogP contribution in [0.2, 0.25) is 0 Å². The molecule has 0 aliphatic carbocycles. The van der Waals surface area contributed by atoms with E-state index in [1.54, 1.807) is 6.92 Å². The van der Waals surface area contributed by atoms with Gasteiger partial charge in [-0.2, -0.15) is 0 Å². The second-order valence-electron chi connectivity index (χ2n) is 4.39. The van der Waals surface area contributed by atoms with Gasteiger partial charge in [0.15, 0.2) is 0 Å². The smallest absolute Gasteiger partial charge is 0.131 e. The lowest BCUT2D eigenvalue weighted by Gasteiger charge is -2.34. The van der Waals surface area contributed by atoms with Gasteiger partial charge >= 0.3 is 0 Å². The molecule has 1 saturated heterocycles. The largest absolute Gasteiger partial charge is 0.381 e. The zero-order valence-corrected chi connectivity index (χ0v) is 9.45. The third kappa shape index (κ3) is 3.39. The van der Waals surface area contributed by atoms with Crippen LogP contribution in [0, 0.1) is 5.92 Å². The van der Waals surface area contributed by atoms with Gasteiger partial charge < -0.3 is 9.64 Å². The Morgan fingerprint density at radius 1 is 1.43 bits per heavy atom. The van der Waals surface area contributed by atoms with E-state index < -0.39 is 0 Å². The van der Waals surface area contributed by atoms with Crippen LogP contribution in [0.5, 0.6) is 0 Å². The summed E-state index contributed by atoms with van der Waals surface area (Å²) in [7, 11) is 4.12. The topological polar surface area (TPSA) is 29.5 Å². The third-order valence-electron chi connectivity index (χ3n) is 2.97. The predicted octanol–water partition coefficient (Wildman–Crippen LogP) is 1.32. The number of hydrogen-bond acceptors (Lipinski definition) is 3. The maximum Gasteiger partial charge on any atom is 0.131 e. The van der Waals surface area contributed by atoms with Gasteiger partial charge in [-0.1, -0.05) is 0 Å². The molecule has 3 heteroatoms. The van der Waals surface area contributed by atoms with Gasteiger partial charge in [0, 0.05) is 25.7 Å². The van der Waals surface area contributed by atoms with Gasteiger partial charge in [-0.15, -0.1) is 0 Å². The molecule has 0 aromatic carbocycles. The normalized spacial score (nSPS) is 21.1. The van der Waals surface area contributed by atoms with Crippen molar-refractivity contribution in [3.8, 4) is 0 Å². The molecule has 1 aliphatic rings. The highest BCUT2D eigenvalue weighted by molar-refractivity contribution is 5.76. The number of carbonyl (C=O) groups is 1. The Morgan fingerprint density at radius 2 is 2.00 bits per heavy atom. The molecule has 1 aliphatic heterocycles. The van der Waals surface area contributed by atoms with Gasteiger partial charge in [0.05, 0.1) is 0 Å². The molecule has 0 radical (unpaired) electrons. The van der Waals surface area contributed by atoms with Crippen LogP contribution in [0.3, 0.4) is 0 Å². The van der Waals surface area contributed by atoms with Crippen LogP contribution in [0.25, 0.3) is 0 Å². The lowest BCUT2D eigenvalue weighted by atomic mass is 9.88. The van der Waals surface area contributed by atoms with Gasteiger partial charge in [0.1, 0.15) is 5.78 Å². The van der Waals surface area contributed by atoms with E-state index in [2.05, 4.69) is 19.0 Å². The molecule has 1 atom stereocenters. The monoisotopic (exact) mass is 199 g/mol. The molecule has 3 nitrogen and oxygen atoms in total. The second-order valence-corrected chi connectivity index (χ2v) is 4.39. The van der Waals surface area contributed by atoms with Crippen molar-refractivity contribution < 1.29 is 9.53 Å². The highest BCUT2D eigenvalue weighted by Gasteiger charge is 2.26. The first-order valence-electron chi connectivity index (χ1n) is 5.35. The summed E-state index contributed by atoms with van der Waals surface area (Å²) >= 11 is 0. The second kappa shape index (κ2) is 5.47. The fourth-order valence-electron chi connectivity index (χ4n) is 2.17. The zero-order valence-electron chi connectivity index (χ0n) is 9.45. The summed E-state index contributed by atoms with van der Waals surface area (Å²) in [4.78, 5) is 13.3. The minimum Gasteiger partial charge on any atom is -0.381 e. The lowest BCUT2D eigenvalue weighted by Crippen LogP contribution is -2.39. The number of nitrogens with zero attached hydrogens (tertiary/aromatic N) is 1. The molecule has 1 rings (SSSR count). The van der Waals surface area contributed by atoms with E-state index in [4.69, 9.17) is 4.74 Å². The van der Waals surface area contributed by atoms with Gasteiger partial charge in [0.2, 0.25) is 0 Å². The molecule has 1 fully saturated rings. The Morgan fingerprint density at radius 3 is 2.43 bits per heavy atom. The van der Waals surface area contributed by atoms with Crippen molar-refractivity contribution in [2.45, 2.75) is 32.2 Å². The summed E-state index contributed by atoms with van der Waals surface area (Å²) < 4.78 is 5.33. The quantitative estimate of drug-likeness (QED) is 0.684. The average Bonchev–Trinajstić information content (AvgIpc) is 2.15. The molecule has 0 bridgehead atoms. The first kappa shape index (κ1) is 11.7. The summed E-state index contributed by atoms with van der Waals surface area (Å²) in [5, 5.41) is 0. The van der Waals surface area contributed by atoms with Crippen molar-refractivity contribution in [3.63, 3.8) is 0 Å². The van der Waals surface area contributed by atoms with Crippen molar-refractivity contribution in [1.29, 1.82) is 0 Å². The lowest BCUT2D eigenvalue weighted by molar-refractivity contribution is -0.118. The molecule has 0 aromatic heterocycles. The number of carbonyl (C=O) groups excluding carboxylic acids is 1. The Balaban J connectivity index is 2.51. The van der Waals surface area contributed by atoms with Crippen LogP contribution in [0.15, 0.2) is 0 Å². The minimum absolute atomic E-state index is 0.287. The minimum atomic E-state index is 0.287. The van der Waals surface area contributed by atoms with E-state index in [1.807, 2.05) is 0 Å². The molecule has 0 amide bonds. The number of rotatable bonds is 4. The summed E-state index contributed by atoms with van der Waals surface area (Å²) in [6.07, 6.45) is 2.86. The van der Waals surface area contributed by atoms with Crippen LogP contribution < -0.4 is 0 Å². The third-order valence-corrected chi connectivity index (χ3v) is 2.97. The Bertz CT molecular complexity index is 186. The van der Waals surface area contributed by atoms with E-state index in [-0.39, 0.29) is 5.78 Å². The van der Waals surface area contributed by atoms with E-state index in [1.165, 1.54) is 0 Å².